The Hall–Kier alpha value is -3.30. The van der Waals surface area contributed by atoms with E-state index in [1.807, 2.05) is 47.3 Å². The number of fused-ring (bicyclic) bond motifs is 1. The smallest absolute Gasteiger partial charge is 0.243 e. The molecule has 182 valence electrons. The second kappa shape index (κ2) is 9.75. The quantitative estimate of drug-likeness (QED) is 0.386. The Balaban J connectivity index is 1.49. The van der Waals surface area contributed by atoms with E-state index in [0.29, 0.717) is 31.1 Å². The lowest BCUT2D eigenvalue weighted by Gasteiger charge is -2.35. The van der Waals surface area contributed by atoms with Crippen LogP contribution >= 0.6 is 0 Å². The zero-order chi connectivity index (χ0) is 24.4. The fraction of sp³-hybridized carbons (Fsp3) is 0.346. The Kier molecular flexibility index (Phi) is 6.53. The fourth-order valence-electron chi connectivity index (χ4n) is 4.57. The molecule has 0 spiro atoms. The molecule has 2 aromatic carbocycles. The van der Waals surface area contributed by atoms with E-state index in [2.05, 4.69) is 23.8 Å². The molecule has 2 aromatic heterocycles. The van der Waals surface area contributed by atoms with Crippen LogP contribution in [0.5, 0.6) is 0 Å². The minimum Gasteiger partial charge on any atom is -0.353 e. The van der Waals surface area contributed by atoms with Gasteiger partial charge in [0.2, 0.25) is 10.0 Å². The third-order valence-electron chi connectivity index (χ3n) is 6.51. The number of benzene rings is 2. The van der Waals surface area contributed by atoms with Crippen molar-refractivity contribution in [2.75, 3.05) is 31.1 Å². The summed E-state index contributed by atoms with van der Waals surface area (Å²) < 4.78 is 29.6. The van der Waals surface area contributed by atoms with Crippen LogP contribution in [0.25, 0.3) is 16.7 Å². The van der Waals surface area contributed by atoms with Gasteiger partial charge in [-0.15, -0.1) is 0 Å². The molecular weight excluding hydrogens is 460 g/mol. The van der Waals surface area contributed by atoms with Crippen LogP contribution in [-0.4, -0.2) is 58.7 Å². The highest BCUT2D eigenvalue weighted by Crippen LogP contribution is 2.30. The zero-order valence-corrected chi connectivity index (χ0v) is 20.9. The molecule has 1 fully saturated rings. The monoisotopic (exact) mass is 490 g/mol. The number of aromatic nitrogens is 4. The first kappa shape index (κ1) is 23.4. The summed E-state index contributed by atoms with van der Waals surface area (Å²) in [6.07, 6.45) is 3.86. The minimum atomic E-state index is -3.51. The van der Waals surface area contributed by atoms with Gasteiger partial charge in [-0.25, -0.2) is 23.1 Å². The Morgan fingerprint density at radius 3 is 2.23 bits per heavy atom. The van der Waals surface area contributed by atoms with Crippen molar-refractivity contribution in [1.82, 2.24) is 24.1 Å². The molecule has 0 unspecified atom stereocenters. The van der Waals surface area contributed by atoms with Crippen LogP contribution in [0, 0.1) is 0 Å². The normalized spacial score (nSPS) is 16.0. The van der Waals surface area contributed by atoms with E-state index in [9.17, 15) is 8.42 Å². The molecule has 0 radical (unpaired) electrons. The Labute approximate surface area is 206 Å². The zero-order valence-electron chi connectivity index (χ0n) is 20.1. The molecule has 0 aliphatic carbocycles. The van der Waals surface area contributed by atoms with Gasteiger partial charge in [0.05, 0.1) is 22.2 Å². The van der Waals surface area contributed by atoms with E-state index in [0.717, 1.165) is 41.2 Å². The van der Waals surface area contributed by atoms with Gasteiger partial charge < -0.3 is 4.90 Å². The number of rotatable bonds is 7. The van der Waals surface area contributed by atoms with Gasteiger partial charge in [-0.05, 0) is 30.7 Å². The molecule has 1 atom stereocenters. The summed E-state index contributed by atoms with van der Waals surface area (Å²) in [5.41, 5.74) is 1.72. The van der Waals surface area contributed by atoms with E-state index in [1.165, 1.54) is 0 Å². The van der Waals surface area contributed by atoms with Crippen molar-refractivity contribution in [3.8, 4) is 5.69 Å². The summed E-state index contributed by atoms with van der Waals surface area (Å²) in [4.78, 5) is 12.4. The van der Waals surface area contributed by atoms with Crippen molar-refractivity contribution in [2.45, 2.75) is 37.5 Å². The molecule has 4 aromatic rings. The van der Waals surface area contributed by atoms with Crippen molar-refractivity contribution in [3.05, 3.63) is 72.7 Å². The summed E-state index contributed by atoms with van der Waals surface area (Å²) in [7, 11) is -3.51. The van der Waals surface area contributed by atoms with Crippen LogP contribution in [0.3, 0.4) is 0 Å². The number of para-hydroxylation sites is 1. The molecule has 3 heterocycles. The van der Waals surface area contributed by atoms with E-state index in [4.69, 9.17) is 9.97 Å². The predicted molar refractivity (Wildman–Crippen MR) is 137 cm³/mol. The number of nitrogens with zero attached hydrogens (tertiary/aromatic N) is 6. The van der Waals surface area contributed by atoms with Gasteiger partial charge in [0, 0.05) is 32.1 Å². The number of anilines is 1. The van der Waals surface area contributed by atoms with Crippen LogP contribution in [0.2, 0.25) is 0 Å². The third-order valence-corrected chi connectivity index (χ3v) is 8.42. The highest BCUT2D eigenvalue weighted by atomic mass is 32.2. The number of hydrogen-bond acceptors (Lipinski definition) is 6. The largest absolute Gasteiger partial charge is 0.353 e. The van der Waals surface area contributed by atoms with Crippen LogP contribution in [0.15, 0.2) is 71.8 Å². The van der Waals surface area contributed by atoms with E-state index in [1.54, 1.807) is 28.6 Å². The summed E-state index contributed by atoms with van der Waals surface area (Å²) in [6, 6.07) is 18.6. The average molecular weight is 491 g/mol. The standard InChI is InChI=1S/C26H30N6O2S/c1-3-10-20(2)24-28-25(23-19-27-32(26(23)29-24)21-11-6-4-7-12-21)30-15-17-31(18-16-30)35(33,34)22-13-8-5-9-14-22/h4-9,11-14,19-20H,3,10,15-18H2,1-2H3/t20-/m1/s1. The summed E-state index contributed by atoms with van der Waals surface area (Å²) in [5, 5.41) is 5.52. The first-order valence-electron chi connectivity index (χ1n) is 12.1. The van der Waals surface area contributed by atoms with Gasteiger partial charge in [0.15, 0.2) is 5.65 Å². The maximum atomic E-state index is 13.1. The molecule has 35 heavy (non-hydrogen) atoms. The lowest BCUT2D eigenvalue weighted by molar-refractivity contribution is 0.384. The number of sulfonamides is 1. The van der Waals surface area contributed by atoms with Gasteiger partial charge in [-0.1, -0.05) is 56.7 Å². The average Bonchev–Trinajstić information content (AvgIpc) is 3.33. The van der Waals surface area contributed by atoms with Gasteiger partial charge in [0.1, 0.15) is 11.6 Å². The first-order chi connectivity index (χ1) is 17.0. The molecule has 5 rings (SSSR count). The molecule has 0 bridgehead atoms. The molecule has 8 nitrogen and oxygen atoms in total. The highest BCUT2D eigenvalue weighted by Gasteiger charge is 2.30. The van der Waals surface area contributed by atoms with Crippen LogP contribution in [-0.2, 0) is 10.0 Å². The molecule has 1 saturated heterocycles. The van der Waals surface area contributed by atoms with Crippen molar-refractivity contribution >= 4 is 26.9 Å². The van der Waals surface area contributed by atoms with Gasteiger partial charge in [-0.3, -0.25) is 0 Å². The van der Waals surface area contributed by atoms with Gasteiger partial charge in [0.25, 0.3) is 0 Å². The number of hydrogen-bond donors (Lipinski definition) is 0. The summed E-state index contributed by atoms with van der Waals surface area (Å²) in [5.74, 6) is 1.83. The van der Waals surface area contributed by atoms with Crippen molar-refractivity contribution in [1.29, 1.82) is 0 Å². The topological polar surface area (TPSA) is 84.2 Å². The summed E-state index contributed by atoms with van der Waals surface area (Å²) >= 11 is 0. The van der Waals surface area contributed by atoms with Crippen LogP contribution in [0.1, 0.15) is 38.4 Å². The van der Waals surface area contributed by atoms with Gasteiger partial charge in [-0.2, -0.15) is 9.40 Å². The predicted octanol–water partition coefficient (Wildman–Crippen LogP) is 4.23. The molecule has 0 amide bonds. The molecule has 0 saturated carbocycles. The van der Waals surface area contributed by atoms with Gasteiger partial charge >= 0.3 is 0 Å². The lowest BCUT2D eigenvalue weighted by Crippen LogP contribution is -2.49. The van der Waals surface area contributed by atoms with E-state index >= 15 is 0 Å². The maximum absolute atomic E-state index is 13.1. The van der Waals surface area contributed by atoms with E-state index < -0.39 is 10.0 Å². The molecule has 0 N–H and O–H groups in total. The van der Waals surface area contributed by atoms with Crippen LogP contribution < -0.4 is 4.90 Å². The second-order valence-corrected chi connectivity index (χ2v) is 10.9. The first-order valence-corrected chi connectivity index (χ1v) is 13.5. The Morgan fingerprint density at radius 1 is 0.914 bits per heavy atom. The Bertz CT molecular complexity index is 1400. The Morgan fingerprint density at radius 2 is 1.57 bits per heavy atom. The molecule has 9 heteroatoms. The highest BCUT2D eigenvalue weighted by molar-refractivity contribution is 7.89. The lowest BCUT2D eigenvalue weighted by atomic mass is 10.1. The fourth-order valence-corrected chi connectivity index (χ4v) is 6.02. The summed E-state index contributed by atoms with van der Waals surface area (Å²) in [6.45, 7) is 6.22. The molecular formula is C26H30N6O2S. The number of piperazine rings is 1. The van der Waals surface area contributed by atoms with Crippen molar-refractivity contribution in [2.24, 2.45) is 0 Å². The van der Waals surface area contributed by atoms with E-state index in [-0.39, 0.29) is 5.92 Å². The molecule has 1 aliphatic heterocycles. The maximum Gasteiger partial charge on any atom is 0.243 e. The van der Waals surface area contributed by atoms with Crippen molar-refractivity contribution < 1.29 is 8.42 Å². The van der Waals surface area contributed by atoms with Crippen molar-refractivity contribution in [3.63, 3.8) is 0 Å². The third kappa shape index (κ3) is 4.53. The van der Waals surface area contributed by atoms with Crippen LogP contribution in [0.4, 0.5) is 5.82 Å². The minimum absolute atomic E-state index is 0.210. The SMILES string of the molecule is CCC[C@@H](C)c1nc(N2CCN(S(=O)(=O)c3ccccc3)CC2)c2cnn(-c3ccccc3)c2n1. The second-order valence-electron chi connectivity index (χ2n) is 8.93. The molecule has 1 aliphatic rings.